The first kappa shape index (κ1) is 47.6. The molecular formula is C70H49N5OPt-2. The maximum atomic E-state index is 6.83. The van der Waals surface area contributed by atoms with E-state index in [1.54, 1.807) is 0 Å². The van der Waals surface area contributed by atoms with Crippen molar-refractivity contribution < 1.29 is 30.4 Å². The van der Waals surface area contributed by atoms with E-state index in [1.165, 1.54) is 21.9 Å². The second-order valence-electron chi connectivity index (χ2n) is 20.1. The van der Waals surface area contributed by atoms with Gasteiger partial charge in [0.15, 0.2) is 0 Å². The molecule has 0 aliphatic heterocycles. The predicted molar refractivity (Wildman–Crippen MR) is 308 cm³/mol. The van der Waals surface area contributed by atoms with Crippen LogP contribution in [0.15, 0.2) is 249 Å². The first-order valence-corrected chi connectivity index (χ1v) is 25.8. The molecule has 0 saturated carbocycles. The normalized spacial score (nSPS) is 11.7. The van der Waals surface area contributed by atoms with Gasteiger partial charge in [-0.1, -0.05) is 189 Å². The minimum atomic E-state index is -0.0984. The topological polar surface area (TPSA) is 40.8 Å². The van der Waals surface area contributed by atoms with Crippen LogP contribution in [0.4, 0.5) is 0 Å². The number of imidazole rings is 1. The maximum absolute atomic E-state index is 6.83. The molecule has 0 amide bonds. The van der Waals surface area contributed by atoms with Crippen LogP contribution >= 0.6 is 0 Å². The SMILES string of the molecule is CC(C)(Cc1ccnc(-n2c3[c-]c(Oc4[c-]c(-n5[c-][n+](-c6c(-c7ccccc7)cccc6-c6ccccc6)c6ccccc65)ccc4)ccc3c3cc(-n4c5ccccc5c5ccccc54)ccc32)c1)c1ccccc1.[Pt]. The van der Waals surface area contributed by atoms with E-state index in [0.29, 0.717) is 11.5 Å². The Morgan fingerprint density at radius 3 is 1.79 bits per heavy atom. The van der Waals surface area contributed by atoms with Crippen molar-refractivity contribution in [3.63, 3.8) is 0 Å². The second kappa shape index (κ2) is 19.6. The van der Waals surface area contributed by atoms with Gasteiger partial charge in [0.2, 0.25) is 0 Å². The van der Waals surface area contributed by atoms with Crippen LogP contribution in [-0.4, -0.2) is 18.7 Å². The maximum Gasteiger partial charge on any atom is 0.268 e. The summed E-state index contributed by atoms with van der Waals surface area (Å²) in [4.78, 5) is 5.07. The first-order valence-electron chi connectivity index (χ1n) is 25.8. The summed E-state index contributed by atoms with van der Waals surface area (Å²) in [6.45, 7) is 4.62. The van der Waals surface area contributed by atoms with Crippen LogP contribution in [0.3, 0.4) is 0 Å². The van der Waals surface area contributed by atoms with Crippen LogP contribution in [0.5, 0.6) is 11.5 Å². The molecule has 6 nitrogen and oxygen atoms in total. The van der Waals surface area contributed by atoms with E-state index in [0.717, 1.165) is 95.4 Å². The Bertz CT molecular complexity index is 4390. The quantitative estimate of drug-likeness (QED) is 0.0956. The molecule has 14 rings (SSSR count). The average molecular weight is 1170 g/mol. The molecule has 14 aromatic rings. The second-order valence-corrected chi connectivity index (χ2v) is 20.1. The zero-order valence-corrected chi connectivity index (χ0v) is 44.6. The summed E-state index contributed by atoms with van der Waals surface area (Å²) in [5.74, 6) is 1.94. The number of ether oxygens (including phenoxy) is 1. The molecule has 10 aromatic carbocycles. The van der Waals surface area contributed by atoms with Crippen LogP contribution < -0.4 is 9.30 Å². The number of rotatable bonds is 11. The third-order valence-electron chi connectivity index (χ3n) is 14.9. The Hall–Kier alpha value is -9.09. The predicted octanol–water partition coefficient (Wildman–Crippen LogP) is 16.5. The average Bonchev–Trinajstić information content (AvgIpc) is 4.30. The van der Waals surface area contributed by atoms with Gasteiger partial charge in [0, 0.05) is 60.7 Å². The number of pyridine rings is 1. The van der Waals surface area contributed by atoms with Crippen molar-refractivity contribution in [2.45, 2.75) is 25.7 Å². The number of hydrogen-bond donors (Lipinski definition) is 0. The molecule has 0 saturated heterocycles. The van der Waals surface area contributed by atoms with Crippen LogP contribution in [-0.2, 0) is 32.9 Å². The monoisotopic (exact) mass is 1170 g/mol. The molecule has 77 heavy (non-hydrogen) atoms. The summed E-state index contributed by atoms with van der Waals surface area (Å²) >= 11 is 0. The Morgan fingerprint density at radius 1 is 0.494 bits per heavy atom. The van der Waals surface area contributed by atoms with Gasteiger partial charge in [-0.2, -0.15) is 18.2 Å². The zero-order valence-electron chi connectivity index (χ0n) is 42.3. The van der Waals surface area contributed by atoms with Crippen molar-refractivity contribution in [3.8, 4) is 56.6 Å². The molecule has 7 heteroatoms. The minimum Gasteiger partial charge on any atom is -0.510 e. The van der Waals surface area contributed by atoms with E-state index in [2.05, 4.69) is 275 Å². The summed E-state index contributed by atoms with van der Waals surface area (Å²) in [7, 11) is 0. The van der Waals surface area contributed by atoms with Gasteiger partial charge < -0.3 is 18.4 Å². The third-order valence-corrected chi connectivity index (χ3v) is 14.9. The number of benzene rings is 10. The van der Waals surface area contributed by atoms with Crippen molar-refractivity contribution >= 4 is 54.6 Å². The van der Waals surface area contributed by atoms with E-state index < -0.39 is 0 Å². The molecule has 0 radical (unpaired) electrons. The van der Waals surface area contributed by atoms with Crippen molar-refractivity contribution in [1.82, 2.24) is 18.7 Å². The molecule has 4 heterocycles. The number of nitrogens with zero attached hydrogens (tertiary/aromatic N) is 5. The van der Waals surface area contributed by atoms with Crippen LogP contribution in [0.2, 0.25) is 0 Å². The zero-order chi connectivity index (χ0) is 50.7. The van der Waals surface area contributed by atoms with Gasteiger partial charge in [0.25, 0.3) is 6.33 Å². The van der Waals surface area contributed by atoms with Gasteiger partial charge in [-0.15, -0.1) is 29.7 Å². The van der Waals surface area contributed by atoms with E-state index in [-0.39, 0.29) is 26.5 Å². The van der Waals surface area contributed by atoms with E-state index in [9.17, 15) is 0 Å². The van der Waals surface area contributed by atoms with Crippen LogP contribution in [0, 0.1) is 18.5 Å². The van der Waals surface area contributed by atoms with Crippen molar-refractivity contribution in [2.24, 2.45) is 0 Å². The van der Waals surface area contributed by atoms with E-state index in [4.69, 9.17) is 9.72 Å². The molecule has 0 unspecified atom stereocenters. The van der Waals surface area contributed by atoms with Crippen molar-refractivity contribution in [2.75, 3.05) is 0 Å². The third kappa shape index (κ3) is 8.43. The summed E-state index contributed by atoms with van der Waals surface area (Å²) < 4.78 is 15.7. The van der Waals surface area contributed by atoms with Crippen LogP contribution in [0.25, 0.3) is 99.8 Å². The van der Waals surface area contributed by atoms with Gasteiger partial charge in [-0.05, 0) is 98.8 Å². The molecule has 0 atom stereocenters. The fourth-order valence-corrected chi connectivity index (χ4v) is 11.4. The Morgan fingerprint density at radius 2 is 1.09 bits per heavy atom. The Kier molecular flexibility index (Phi) is 12.1. The molecule has 4 aromatic heterocycles. The van der Waals surface area contributed by atoms with Crippen molar-refractivity contribution in [3.05, 3.63) is 278 Å². The molecule has 0 bridgehead atoms. The molecule has 0 fully saturated rings. The number of hydrogen-bond acceptors (Lipinski definition) is 2. The fraction of sp³-hybridized carbons (Fsp3) is 0.0571. The molecule has 0 N–H and O–H groups in total. The minimum absolute atomic E-state index is 0. The molecule has 0 aliphatic rings. The first-order chi connectivity index (χ1) is 37.4. The van der Waals surface area contributed by atoms with Gasteiger partial charge in [-0.3, -0.25) is 4.57 Å². The summed E-state index contributed by atoms with van der Waals surface area (Å²) in [6, 6.07) is 92.9. The van der Waals surface area contributed by atoms with Gasteiger partial charge >= 0.3 is 0 Å². The Labute approximate surface area is 461 Å². The summed E-state index contributed by atoms with van der Waals surface area (Å²) in [5, 5.41) is 4.59. The summed E-state index contributed by atoms with van der Waals surface area (Å²) in [5.41, 5.74) is 16.0. The van der Waals surface area contributed by atoms with Gasteiger partial charge in [-0.25, -0.2) is 4.98 Å². The smallest absolute Gasteiger partial charge is 0.268 e. The van der Waals surface area contributed by atoms with Crippen molar-refractivity contribution in [1.29, 1.82) is 0 Å². The Balaban J connectivity index is 0.00000566. The number of aromatic nitrogens is 5. The largest absolute Gasteiger partial charge is 0.510 e. The fourth-order valence-electron chi connectivity index (χ4n) is 11.4. The molecule has 372 valence electrons. The van der Waals surface area contributed by atoms with Gasteiger partial charge in [0.05, 0.1) is 27.8 Å². The molecule has 0 aliphatic carbocycles. The van der Waals surface area contributed by atoms with Gasteiger partial charge in [0.1, 0.15) is 5.82 Å². The van der Waals surface area contributed by atoms with E-state index in [1.807, 2.05) is 24.4 Å². The van der Waals surface area contributed by atoms with Crippen LogP contribution in [0.1, 0.15) is 25.0 Å². The summed E-state index contributed by atoms with van der Waals surface area (Å²) in [6.07, 6.45) is 6.56. The number of para-hydroxylation sites is 5. The molecule has 0 spiro atoms. The standard InChI is InChI=1S/C70H49N5O.Pt/c1-70(2,51-24-10-5-11-25-51)46-48-40-41-71-68(42-48)75-64-39-36-53(74-62-32-14-12-28-58(62)59-29-13-15-33-63(59)74)44-61(64)60-38-37-55(45-67(60)75)76-54-27-18-26-52(43-54)72-47-73(66-35-17-16-34-65(66)72)69-56(49-20-6-3-7-21-49)30-19-31-57(69)50-22-8-4-9-23-50;/h3-42,44H,46H2,1-2H3;/q-2;. The molecular weight excluding hydrogens is 1120 g/mol. The van der Waals surface area contributed by atoms with E-state index >= 15 is 0 Å². The number of fused-ring (bicyclic) bond motifs is 7.